The fraction of sp³-hybridized carbons (Fsp3) is 0.125. The van der Waals surface area contributed by atoms with E-state index in [1.807, 2.05) is 0 Å². The lowest BCUT2D eigenvalue weighted by Crippen LogP contribution is -2.47. The van der Waals surface area contributed by atoms with E-state index in [0.717, 1.165) is 12.1 Å². The number of benzene rings is 3. The molecule has 2 N–H and O–H groups in total. The zero-order chi connectivity index (χ0) is 25.2. The summed E-state index contributed by atoms with van der Waals surface area (Å²) in [6.07, 6.45) is -6.25. The predicted octanol–water partition coefficient (Wildman–Crippen LogP) is 4.69. The van der Waals surface area contributed by atoms with Crippen LogP contribution >= 0.6 is 0 Å². The maximum Gasteiger partial charge on any atom is 0.573 e. The summed E-state index contributed by atoms with van der Waals surface area (Å²) in [5.74, 6) is -1.59. The summed E-state index contributed by atoms with van der Waals surface area (Å²) in [4.78, 5) is 31.4. The normalized spacial score (nSPS) is 15.6. The molecule has 7 nitrogen and oxygen atoms in total. The number of hydrogen-bond acceptors (Lipinski definition) is 4. The Hall–Kier alpha value is -4.41. The summed E-state index contributed by atoms with van der Waals surface area (Å²) in [6.45, 7) is 0. The second-order valence-corrected chi connectivity index (χ2v) is 7.45. The van der Waals surface area contributed by atoms with Crippen LogP contribution < -0.4 is 20.3 Å². The number of nitrogens with zero attached hydrogens (tertiary/aromatic N) is 2. The van der Waals surface area contributed by atoms with Gasteiger partial charge in [0.05, 0.1) is 11.4 Å². The third-order valence-corrected chi connectivity index (χ3v) is 5.09. The minimum atomic E-state index is -4.84. The van der Waals surface area contributed by atoms with Crippen LogP contribution in [0.25, 0.3) is 0 Å². The first-order valence-corrected chi connectivity index (χ1v) is 10.3. The number of aliphatic imine (C=N–C) groups is 1. The number of benzodiazepines with no additional fused rings is 1. The quantitative estimate of drug-likeness (QED) is 0.525. The fourth-order valence-electron chi connectivity index (χ4n) is 3.52. The number of anilines is 2. The van der Waals surface area contributed by atoms with Crippen molar-refractivity contribution in [1.29, 1.82) is 0 Å². The second-order valence-electron chi connectivity index (χ2n) is 7.45. The summed E-state index contributed by atoms with van der Waals surface area (Å²) in [7, 11) is 1.51. The number of alkyl halides is 3. The number of carbonyl (C=O) groups excluding carboxylic acids is 2. The van der Waals surface area contributed by atoms with E-state index in [-0.39, 0.29) is 17.0 Å². The molecular formula is C24H18F4N4O3. The third-order valence-electron chi connectivity index (χ3n) is 5.09. The van der Waals surface area contributed by atoms with Crippen LogP contribution in [0.15, 0.2) is 77.8 Å². The molecule has 3 aromatic carbocycles. The van der Waals surface area contributed by atoms with E-state index in [2.05, 4.69) is 20.4 Å². The molecule has 11 heteroatoms. The molecule has 0 saturated carbocycles. The third kappa shape index (κ3) is 5.40. The highest BCUT2D eigenvalue weighted by atomic mass is 19.4. The van der Waals surface area contributed by atoms with Crippen molar-refractivity contribution in [3.63, 3.8) is 0 Å². The van der Waals surface area contributed by atoms with E-state index in [9.17, 15) is 27.2 Å². The number of ether oxygens (including phenoxy) is 1. The first-order valence-electron chi connectivity index (χ1n) is 10.3. The molecule has 3 aromatic rings. The van der Waals surface area contributed by atoms with Crippen LogP contribution in [0.2, 0.25) is 0 Å². The lowest BCUT2D eigenvalue weighted by atomic mass is 10.00. The number of hydrogen-bond donors (Lipinski definition) is 2. The molecule has 0 fully saturated rings. The Kier molecular flexibility index (Phi) is 6.41. The van der Waals surface area contributed by atoms with Gasteiger partial charge >= 0.3 is 12.4 Å². The lowest BCUT2D eigenvalue weighted by Gasteiger charge is -2.21. The molecular weight excluding hydrogens is 468 g/mol. The van der Waals surface area contributed by atoms with Crippen molar-refractivity contribution in [2.75, 3.05) is 17.3 Å². The number of halogens is 4. The Morgan fingerprint density at radius 1 is 0.971 bits per heavy atom. The smallest absolute Gasteiger partial charge is 0.406 e. The number of carbonyl (C=O) groups is 2. The lowest BCUT2D eigenvalue weighted by molar-refractivity contribution is -0.274. The van der Waals surface area contributed by atoms with Crippen LogP contribution in [0.5, 0.6) is 5.75 Å². The second kappa shape index (κ2) is 9.45. The van der Waals surface area contributed by atoms with Gasteiger partial charge < -0.3 is 20.3 Å². The zero-order valence-corrected chi connectivity index (χ0v) is 18.1. The van der Waals surface area contributed by atoms with Gasteiger partial charge in [-0.15, -0.1) is 13.2 Å². The van der Waals surface area contributed by atoms with Crippen LogP contribution in [0.1, 0.15) is 11.1 Å². The average molecular weight is 486 g/mol. The molecule has 1 aliphatic rings. The molecule has 0 radical (unpaired) electrons. The van der Waals surface area contributed by atoms with Gasteiger partial charge in [0.25, 0.3) is 5.91 Å². The fourth-order valence-corrected chi connectivity index (χ4v) is 3.52. The molecule has 4 rings (SSSR count). The molecule has 0 spiro atoms. The number of likely N-dealkylation sites (N-methyl/N-ethyl adjacent to an activating group) is 1. The Morgan fingerprint density at radius 2 is 1.60 bits per heavy atom. The standard InChI is InChI=1S/C24H18F4N4O3/c1-32-19-9-5-3-7-17(19)20(16-6-2-4-8-18(16)25)30-21(22(32)33)31-23(34)29-14-10-12-15(13-11-14)35-24(26,27)28/h2-13,21H,1H3,(H2,29,31,34). The van der Waals surface area contributed by atoms with E-state index in [1.165, 1.54) is 42.3 Å². The molecule has 0 bridgehead atoms. The van der Waals surface area contributed by atoms with E-state index in [0.29, 0.717) is 11.3 Å². The highest BCUT2D eigenvalue weighted by Crippen LogP contribution is 2.28. The molecule has 1 atom stereocenters. The molecule has 0 saturated heterocycles. The van der Waals surface area contributed by atoms with Crippen LogP contribution in [0.4, 0.5) is 33.7 Å². The summed E-state index contributed by atoms with van der Waals surface area (Å²) in [5, 5.41) is 4.85. The van der Waals surface area contributed by atoms with Crippen molar-refractivity contribution in [3.05, 3.63) is 89.7 Å². The first kappa shape index (κ1) is 23.7. The highest BCUT2D eigenvalue weighted by Gasteiger charge is 2.32. The van der Waals surface area contributed by atoms with Gasteiger partial charge in [0.2, 0.25) is 6.17 Å². The molecule has 0 aromatic heterocycles. The monoisotopic (exact) mass is 486 g/mol. The van der Waals surface area contributed by atoms with Gasteiger partial charge in [-0.05, 0) is 42.5 Å². The van der Waals surface area contributed by atoms with E-state index in [1.54, 1.807) is 30.3 Å². The summed E-state index contributed by atoms with van der Waals surface area (Å²) < 4.78 is 55.4. The molecule has 1 heterocycles. The minimum absolute atomic E-state index is 0.146. The zero-order valence-electron chi connectivity index (χ0n) is 18.1. The van der Waals surface area contributed by atoms with Crippen molar-refractivity contribution in [1.82, 2.24) is 5.32 Å². The van der Waals surface area contributed by atoms with E-state index in [4.69, 9.17) is 0 Å². The largest absolute Gasteiger partial charge is 0.573 e. The van der Waals surface area contributed by atoms with Gasteiger partial charge in [-0.3, -0.25) is 4.79 Å². The topological polar surface area (TPSA) is 83.0 Å². The highest BCUT2D eigenvalue weighted by molar-refractivity contribution is 6.20. The number of amides is 3. The van der Waals surface area contributed by atoms with Gasteiger partial charge in [0.1, 0.15) is 11.6 Å². The Balaban J connectivity index is 1.60. The number of nitrogens with one attached hydrogen (secondary N) is 2. The first-order chi connectivity index (χ1) is 16.6. The Morgan fingerprint density at radius 3 is 2.26 bits per heavy atom. The Bertz CT molecular complexity index is 1290. The van der Waals surface area contributed by atoms with Crippen molar-refractivity contribution >= 4 is 29.0 Å². The van der Waals surface area contributed by atoms with Crippen LogP contribution in [0.3, 0.4) is 0 Å². The minimum Gasteiger partial charge on any atom is -0.406 e. The molecule has 180 valence electrons. The summed E-state index contributed by atoms with van der Waals surface area (Å²) in [6, 6.07) is 16.3. The molecule has 0 aliphatic carbocycles. The van der Waals surface area contributed by atoms with Crippen LogP contribution in [-0.4, -0.2) is 37.2 Å². The maximum atomic E-state index is 14.6. The summed E-state index contributed by atoms with van der Waals surface area (Å²) >= 11 is 0. The predicted molar refractivity (Wildman–Crippen MR) is 121 cm³/mol. The van der Waals surface area contributed by atoms with E-state index >= 15 is 0 Å². The van der Waals surface area contributed by atoms with Gasteiger partial charge in [-0.25, -0.2) is 14.2 Å². The SMILES string of the molecule is CN1C(=O)C(NC(=O)Nc2ccc(OC(F)(F)F)cc2)N=C(c2ccccc2F)c2ccccc21. The van der Waals surface area contributed by atoms with Gasteiger partial charge in [-0.1, -0.05) is 30.3 Å². The molecule has 3 amide bonds. The van der Waals surface area contributed by atoms with Crippen molar-refractivity contribution in [3.8, 4) is 5.75 Å². The number of fused-ring (bicyclic) bond motifs is 1. The van der Waals surface area contributed by atoms with E-state index < -0.39 is 36.0 Å². The van der Waals surface area contributed by atoms with Crippen molar-refractivity contribution in [2.45, 2.75) is 12.5 Å². The summed E-state index contributed by atoms with van der Waals surface area (Å²) in [5.41, 5.74) is 1.45. The number of para-hydroxylation sites is 1. The van der Waals surface area contributed by atoms with Gasteiger partial charge in [0.15, 0.2) is 0 Å². The molecule has 1 unspecified atom stereocenters. The Labute approximate surface area is 197 Å². The van der Waals surface area contributed by atoms with Gasteiger partial charge in [0, 0.05) is 23.9 Å². The number of rotatable bonds is 4. The molecule has 35 heavy (non-hydrogen) atoms. The maximum absolute atomic E-state index is 14.6. The van der Waals surface area contributed by atoms with Gasteiger partial charge in [-0.2, -0.15) is 0 Å². The van der Waals surface area contributed by atoms with Crippen molar-refractivity contribution in [2.24, 2.45) is 4.99 Å². The molecule has 1 aliphatic heterocycles. The number of urea groups is 1. The van der Waals surface area contributed by atoms with Crippen LogP contribution in [0, 0.1) is 5.82 Å². The average Bonchev–Trinajstić information content (AvgIpc) is 2.91. The van der Waals surface area contributed by atoms with Crippen molar-refractivity contribution < 1.29 is 31.9 Å². The van der Waals surface area contributed by atoms with Crippen LogP contribution in [-0.2, 0) is 4.79 Å².